The fourth-order valence-electron chi connectivity index (χ4n) is 1.97. The van der Waals surface area contributed by atoms with Crippen LogP contribution in [0.5, 0.6) is 0 Å². The Morgan fingerprint density at radius 1 is 1.33 bits per heavy atom. The molecule has 0 bridgehead atoms. The maximum Gasteiger partial charge on any atom is 0.168 e. The molecule has 2 heterocycles. The number of benzene rings is 1. The highest BCUT2D eigenvalue weighted by Gasteiger charge is 2.18. The van der Waals surface area contributed by atoms with Crippen LogP contribution in [0.4, 0.5) is 14.6 Å². The predicted molar refractivity (Wildman–Crippen MR) is 68.7 cm³/mol. The van der Waals surface area contributed by atoms with Crippen molar-refractivity contribution in [1.29, 1.82) is 0 Å². The Bertz CT molecular complexity index is 629. The molecule has 0 unspecified atom stereocenters. The number of anilines is 1. The highest BCUT2D eigenvalue weighted by atomic mass is 32.2. The Hall–Kier alpha value is -1.62. The summed E-state index contributed by atoms with van der Waals surface area (Å²) in [5.41, 5.74) is 1.53. The molecular weight excluding hydrogens is 254 g/mol. The molecule has 0 fully saturated rings. The first-order valence-corrected chi connectivity index (χ1v) is 6.48. The number of rotatable bonds is 1. The van der Waals surface area contributed by atoms with Crippen LogP contribution in [-0.4, -0.2) is 10.9 Å². The normalized spacial score (nSPS) is 13.3. The second kappa shape index (κ2) is 4.24. The van der Waals surface area contributed by atoms with Gasteiger partial charge in [0.15, 0.2) is 11.6 Å². The number of halogens is 2. The zero-order valence-corrected chi connectivity index (χ0v) is 10.4. The van der Waals surface area contributed by atoms with Crippen molar-refractivity contribution < 1.29 is 8.78 Å². The van der Waals surface area contributed by atoms with Crippen LogP contribution in [0, 0.1) is 18.6 Å². The number of aryl methyl sites for hydroxylation is 1. The van der Waals surface area contributed by atoms with Crippen molar-refractivity contribution in [2.45, 2.75) is 11.8 Å². The molecule has 1 aliphatic rings. The van der Waals surface area contributed by atoms with Gasteiger partial charge in [-0.05, 0) is 30.7 Å². The summed E-state index contributed by atoms with van der Waals surface area (Å²) < 4.78 is 27.0. The molecule has 1 aromatic heterocycles. The summed E-state index contributed by atoms with van der Waals surface area (Å²) in [6, 6.07) is 6.09. The third-order valence-electron chi connectivity index (χ3n) is 2.85. The molecule has 1 aromatic carbocycles. The van der Waals surface area contributed by atoms with E-state index in [-0.39, 0.29) is 5.56 Å². The lowest BCUT2D eigenvalue weighted by Gasteiger charge is -2.09. The van der Waals surface area contributed by atoms with Crippen molar-refractivity contribution in [3.05, 3.63) is 41.5 Å². The van der Waals surface area contributed by atoms with Crippen LogP contribution >= 0.6 is 11.8 Å². The van der Waals surface area contributed by atoms with Crippen LogP contribution in [0.3, 0.4) is 0 Å². The number of aromatic nitrogens is 1. The smallest absolute Gasteiger partial charge is 0.168 e. The fraction of sp³-hybridized carbons (Fsp3) is 0.154. The lowest BCUT2D eigenvalue weighted by Crippen LogP contribution is -1.98. The Morgan fingerprint density at radius 3 is 3.00 bits per heavy atom. The second-order valence-electron chi connectivity index (χ2n) is 4.07. The van der Waals surface area contributed by atoms with E-state index < -0.39 is 11.6 Å². The van der Waals surface area contributed by atoms with Gasteiger partial charge in [-0.1, -0.05) is 6.07 Å². The minimum absolute atomic E-state index is 0.203. The molecule has 0 amide bonds. The quantitative estimate of drug-likeness (QED) is 0.847. The van der Waals surface area contributed by atoms with Gasteiger partial charge in [0.25, 0.3) is 0 Å². The number of fused-ring (bicyclic) bond motifs is 1. The van der Waals surface area contributed by atoms with Crippen molar-refractivity contribution in [3.63, 3.8) is 0 Å². The van der Waals surface area contributed by atoms with Gasteiger partial charge in [-0.2, -0.15) is 0 Å². The number of thioether (sulfide) groups is 1. The minimum Gasteiger partial charge on any atom is -0.360 e. The van der Waals surface area contributed by atoms with Crippen molar-refractivity contribution in [2.75, 3.05) is 11.2 Å². The third-order valence-corrected chi connectivity index (χ3v) is 3.76. The van der Waals surface area contributed by atoms with Crippen molar-refractivity contribution in [1.82, 2.24) is 4.98 Å². The van der Waals surface area contributed by atoms with Gasteiger partial charge in [-0.3, -0.25) is 0 Å². The summed E-state index contributed by atoms with van der Waals surface area (Å²) in [7, 11) is 0. The average molecular weight is 264 g/mol. The van der Waals surface area contributed by atoms with E-state index in [1.807, 2.05) is 13.0 Å². The molecule has 0 atom stereocenters. The van der Waals surface area contributed by atoms with Gasteiger partial charge in [-0.15, -0.1) is 11.8 Å². The maximum atomic E-state index is 13.8. The lowest BCUT2D eigenvalue weighted by atomic mass is 10.1. The fourth-order valence-corrected chi connectivity index (χ4v) is 2.85. The van der Waals surface area contributed by atoms with Crippen LogP contribution in [-0.2, 0) is 0 Å². The van der Waals surface area contributed by atoms with Gasteiger partial charge >= 0.3 is 0 Å². The Morgan fingerprint density at radius 2 is 2.17 bits per heavy atom. The summed E-state index contributed by atoms with van der Waals surface area (Å²) in [6.07, 6.45) is 0. The summed E-state index contributed by atoms with van der Waals surface area (Å²) >= 11 is 1.65. The van der Waals surface area contributed by atoms with Crippen LogP contribution in [0.15, 0.2) is 29.2 Å². The Labute approximate surface area is 107 Å². The van der Waals surface area contributed by atoms with Gasteiger partial charge in [0.05, 0.1) is 16.5 Å². The molecule has 92 valence electrons. The zero-order valence-electron chi connectivity index (χ0n) is 9.63. The van der Waals surface area contributed by atoms with Crippen LogP contribution in [0.25, 0.3) is 11.3 Å². The molecule has 2 aromatic rings. The van der Waals surface area contributed by atoms with E-state index in [0.717, 1.165) is 28.2 Å². The molecule has 3 rings (SSSR count). The number of nitrogens with zero attached hydrogens (tertiary/aromatic N) is 1. The standard InChI is InChI=1S/C13H10F2N2S/c1-7-5-10-13(16-6-18-10)17-12(7)8-3-2-4-9(14)11(8)15/h2-5H,6H2,1H3,(H,16,17). The number of hydrogen-bond acceptors (Lipinski definition) is 3. The molecule has 2 nitrogen and oxygen atoms in total. The van der Waals surface area contributed by atoms with Gasteiger partial charge in [0, 0.05) is 5.56 Å². The number of nitrogens with one attached hydrogen (secondary N) is 1. The number of pyridine rings is 1. The molecule has 1 N–H and O–H groups in total. The van der Waals surface area contributed by atoms with E-state index in [2.05, 4.69) is 10.3 Å². The van der Waals surface area contributed by atoms with E-state index in [1.165, 1.54) is 6.07 Å². The maximum absolute atomic E-state index is 13.8. The molecular formula is C13H10F2N2S. The topological polar surface area (TPSA) is 24.9 Å². The summed E-state index contributed by atoms with van der Waals surface area (Å²) in [4.78, 5) is 5.44. The van der Waals surface area contributed by atoms with E-state index in [4.69, 9.17) is 0 Å². The molecule has 0 aliphatic carbocycles. The van der Waals surface area contributed by atoms with Gasteiger partial charge < -0.3 is 5.32 Å². The first-order valence-electron chi connectivity index (χ1n) is 5.49. The number of hydrogen-bond donors (Lipinski definition) is 1. The monoisotopic (exact) mass is 264 g/mol. The first kappa shape index (κ1) is 11.5. The first-order chi connectivity index (χ1) is 8.66. The van der Waals surface area contributed by atoms with Crippen molar-refractivity contribution in [3.8, 4) is 11.3 Å². The molecule has 0 spiro atoms. The van der Waals surface area contributed by atoms with Crippen molar-refractivity contribution in [2.24, 2.45) is 0 Å². The summed E-state index contributed by atoms with van der Waals surface area (Å²) in [5, 5.41) is 3.11. The minimum atomic E-state index is -0.850. The molecule has 0 saturated heterocycles. The van der Waals surface area contributed by atoms with Crippen LogP contribution in [0.1, 0.15) is 5.56 Å². The summed E-state index contributed by atoms with van der Waals surface area (Å²) in [5.74, 6) is -0.198. The highest BCUT2D eigenvalue weighted by molar-refractivity contribution is 7.99. The third kappa shape index (κ3) is 1.75. The van der Waals surface area contributed by atoms with E-state index >= 15 is 0 Å². The summed E-state index contributed by atoms with van der Waals surface area (Å²) in [6.45, 7) is 1.85. The Kier molecular flexibility index (Phi) is 2.70. The van der Waals surface area contributed by atoms with Gasteiger partial charge in [0.1, 0.15) is 5.82 Å². The second-order valence-corrected chi connectivity index (χ2v) is 5.08. The SMILES string of the molecule is Cc1cc2c(nc1-c1cccc(F)c1F)NCS2. The van der Waals surface area contributed by atoms with Gasteiger partial charge in [-0.25, -0.2) is 13.8 Å². The van der Waals surface area contributed by atoms with E-state index in [9.17, 15) is 8.78 Å². The highest BCUT2D eigenvalue weighted by Crippen LogP contribution is 2.36. The lowest BCUT2D eigenvalue weighted by molar-refractivity contribution is 0.511. The van der Waals surface area contributed by atoms with E-state index in [1.54, 1.807) is 17.8 Å². The van der Waals surface area contributed by atoms with Gasteiger partial charge in [0.2, 0.25) is 0 Å². The largest absolute Gasteiger partial charge is 0.360 e. The molecule has 18 heavy (non-hydrogen) atoms. The molecule has 5 heteroatoms. The van der Waals surface area contributed by atoms with Crippen LogP contribution < -0.4 is 5.32 Å². The van der Waals surface area contributed by atoms with E-state index in [0.29, 0.717) is 5.69 Å². The molecule has 0 radical (unpaired) electrons. The van der Waals surface area contributed by atoms with Crippen LogP contribution in [0.2, 0.25) is 0 Å². The van der Waals surface area contributed by atoms with Crippen molar-refractivity contribution >= 4 is 17.6 Å². The molecule has 0 saturated carbocycles. The average Bonchev–Trinajstić information content (AvgIpc) is 2.79. The molecule has 1 aliphatic heterocycles. The Balaban J connectivity index is 2.20. The zero-order chi connectivity index (χ0) is 12.7. The predicted octanol–water partition coefficient (Wildman–Crippen LogP) is 3.81.